The average molecular weight is 317 g/mol. The molecular weight excluding hydrogens is 301 g/mol. The van der Waals surface area contributed by atoms with Crippen LogP contribution < -0.4 is 10.1 Å². The highest BCUT2D eigenvalue weighted by Crippen LogP contribution is 2.25. The number of ether oxygens (including phenoxy) is 2. The van der Waals surface area contributed by atoms with E-state index in [9.17, 15) is 14.0 Å². The van der Waals surface area contributed by atoms with Crippen LogP contribution in [-0.4, -0.2) is 19.0 Å². The first-order chi connectivity index (χ1) is 11.0. The minimum atomic E-state index is -0.641. The van der Waals surface area contributed by atoms with Crippen molar-refractivity contribution in [2.24, 2.45) is 0 Å². The third-order valence-corrected chi connectivity index (χ3v) is 3.06. The largest absolute Gasteiger partial charge is 0.487 e. The molecule has 0 spiro atoms. The summed E-state index contributed by atoms with van der Waals surface area (Å²) in [5.41, 5.74) is 1.10. The Balaban J connectivity index is 2.22. The first-order valence-electron chi connectivity index (χ1n) is 6.87. The van der Waals surface area contributed by atoms with Crippen molar-refractivity contribution in [2.75, 3.05) is 12.4 Å². The maximum atomic E-state index is 13.3. The zero-order valence-electron chi connectivity index (χ0n) is 12.8. The molecule has 0 saturated heterocycles. The second-order valence-electron chi connectivity index (χ2n) is 4.76. The van der Waals surface area contributed by atoms with Crippen LogP contribution in [0.3, 0.4) is 0 Å². The fourth-order valence-corrected chi connectivity index (χ4v) is 2.02. The van der Waals surface area contributed by atoms with Gasteiger partial charge >= 0.3 is 5.97 Å². The molecule has 0 unspecified atom stereocenters. The lowest BCUT2D eigenvalue weighted by Crippen LogP contribution is -2.10. The molecule has 2 aromatic rings. The van der Waals surface area contributed by atoms with E-state index in [1.165, 1.54) is 26.2 Å². The predicted molar refractivity (Wildman–Crippen MR) is 82.8 cm³/mol. The second-order valence-corrected chi connectivity index (χ2v) is 4.76. The van der Waals surface area contributed by atoms with E-state index >= 15 is 0 Å². The molecule has 0 atom stereocenters. The van der Waals surface area contributed by atoms with E-state index in [1.54, 1.807) is 24.3 Å². The van der Waals surface area contributed by atoms with Gasteiger partial charge in [-0.25, -0.2) is 9.18 Å². The van der Waals surface area contributed by atoms with Gasteiger partial charge in [0.15, 0.2) is 0 Å². The maximum absolute atomic E-state index is 13.3. The number of hydrogen-bond donors (Lipinski definition) is 1. The van der Waals surface area contributed by atoms with Gasteiger partial charge in [-0.1, -0.05) is 18.2 Å². The number of rotatable bonds is 5. The van der Waals surface area contributed by atoms with Gasteiger partial charge in [-0.15, -0.1) is 0 Å². The number of anilines is 1. The lowest BCUT2D eigenvalue weighted by molar-refractivity contribution is -0.114. The molecule has 0 bridgehead atoms. The molecule has 2 rings (SSSR count). The average Bonchev–Trinajstić information content (AvgIpc) is 2.53. The summed E-state index contributed by atoms with van der Waals surface area (Å²) in [6.07, 6.45) is 0. The molecule has 0 fully saturated rings. The van der Waals surface area contributed by atoms with E-state index in [0.29, 0.717) is 17.0 Å². The molecule has 2 aromatic carbocycles. The number of esters is 1. The number of hydrogen-bond acceptors (Lipinski definition) is 4. The van der Waals surface area contributed by atoms with E-state index in [0.717, 1.165) is 6.07 Å². The molecule has 120 valence electrons. The van der Waals surface area contributed by atoms with Crippen molar-refractivity contribution in [2.45, 2.75) is 13.5 Å². The van der Waals surface area contributed by atoms with Gasteiger partial charge in [0.25, 0.3) is 0 Å². The minimum absolute atomic E-state index is 0.0291. The summed E-state index contributed by atoms with van der Waals surface area (Å²) < 4.78 is 23.6. The Labute approximate surface area is 133 Å². The summed E-state index contributed by atoms with van der Waals surface area (Å²) in [5.74, 6) is -0.952. The van der Waals surface area contributed by atoms with Gasteiger partial charge in [-0.05, 0) is 24.3 Å². The lowest BCUT2D eigenvalue weighted by atomic mass is 10.1. The summed E-state index contributed by atoms with van der Waals surface area (Å²) in [6, 6.07) is 10.7. The molecule has 0 aliphatic heterocycles. The number of carbonyl (C=O) groups excluding carboxylic acids is 2. The Morgan fingerprint density at radius 2 is 1.91 bits per heavy atom. The lowest BCUT2D eigenvalue weighted by Gasteiger charge is -2.13. The number of benzene rings is 2. The minimum Gasteiger partial charge on any atom is -0.487 e. The molecule has 6 heteroatoms. The van der Waals surface area contributed by atoms with Crippen LogP contribution in [-0.2, 0) is 16.1 Å². The molecule has 0 radical (unpaired) electrons. The number of nitrogens with one attached hydrogen (secondary N) is 1. The zero-order chi connectivity index (χ0) is 16.8. The number of para-hydroxylation sites is 2. The van der Waals surface area contributed by atoms with Gasteiger partial charge in [0.1, 0.15) is 18.2 Å². The Morgan fingerprint density at radius 3 is 2.61 bits per heavy atom. The van der Waals surface area contributed by atoms with Gasteiger partial charge in [-0.2, -0.15) is 0 Å². The SMILES string of the molecule is COC(=O)c1cc(F)ccc1COc1ccccc1NC(C)=O. The van der Waals surface area contributed by atoms with Crippen molar-refractivity contribution in [3.8, 4) is 5.75 Å². The highest BCUT2D eigenvalue weighted by molar-refractivity contribution is 5.91. The standard InChI is InChI=1S/C17H16FNO4/c1-11(20)19-15-5-3-4-6-16(15)23-10-12-7-8-13(18)9-14(12)17(21)22-2/h3-9H,10H2,1-2H3,(H,19,20). The van der Waals surface area contributed by atoms with Crippen LogP contribution >= 0.6 is 0 Å². The van der Waals surface area contributed by atoms with Crippen molar-refractivity contribution in [3.05, 3.63) is 59.4 Å². The maximum Gasteiger partial charge on any atom is 0.338 e. The molecular formula is C17H16FNO4. The molecule has 0 saturated carbocycles. The Kier molecular flexibility index (Phi) is 5.30. The Hall–Kier alpha value is -2.89. The van der Waals surface area contributed by atoms with E-state index in [-0.39, 0.29) is 18.1 Å². The van der Waals surface area contributed by atoms with Crippen LogP contribution in [0.25, 0.3) is 0 Å². The molecule has 0 aromatic heterocycles. The number of methoxy groups -OCH3 is 1. The third kappa shape index (κ3) is 4.29. The highest BCUT2D eigenvalue weighted by Gasteiger charge is 2.14. The molecule has 5 nitrogen and oxygen atoms in total. The quantitative estimate of drug-likeness (QED) is 0.860. The number of halogens is 1. The molecule has 23 heavy (non-hydrogen) atoms. The molecule has 0 aliphatic carbocycles. The van der Waals surface area contributed by atoms with E-state index in [2.05, 4.69) is 10.1 Å². The first-order valence-corrected chi connectivity index (χ1v) is 6.87. The van der Waals surface area contributed by atoms with Crippen LogP contribution in [0.1, 0.15) is 22.8 Å². The number of amides is 1. The van der Waals surface area contributed by atoms with Gasteiger partial charge in [0, 0.05) is 12.5 Å². The van der Waals surface area contributed by atoms with Crippen LogP contribution in [0.5, 0.6) is 5.75 Å². The molecule has 1 N–H and O–H groups in total. The van der Waals surface area contributed by atoms with E-state index < -0.39 is 11.8 Å². The summed E-state index contributed by atoms with van der Waals surface area (Å²) in [7, 11) is 1.23. The summed E-state index contributed by atoms with van der Waals surface area (Å²) in [4.78, 5) is 22.9. The second kappa shape index (κ2) is 7.40. The summed E-state index contributed by atoms with van der Waals surface area (Å²) >= 11 is 0. The predicted octanol–water partition coefficient (Wildman–Crippen LogP) is 3.15. The van der Waals surface area contributed by atoms with Crippen molar-refractivity contribution in [1.29, 1.82) is 0 Å². The van der Waals surface area contributed by atoms with Crippen LogP contribution in [0.4, 0.5) is 10.1 Å². The van der Waals surface area contributed by atoms with Crippen molar-refractivity contribution in [3.63, 3.8) is 0 Å². The topological polar surface area (TPSA) is 64.6 Å². The highest BCUT2D eigenvalue weighted by atomic mass is 19.1. The van der Waals surface area contributed by atoms with Crippen molar-refractivity contribution < 1.29 is 23.5 Å². The molecule has 0 heterocycles. The fourth-order valence-electron chi connectivity index (χ4n) is 2.02. The van der Waals surface area contributed by atoms with Gasteiger partial charge in [0.05, 0.1) is 18.4 Å². The summed E-state index contributed by atoms with van der Waals surface area (Å²) in [6.45, 7) is 1.42. The van der Waals surface area contributed by atoms with Crippen molar-refractivity contribution >= 4 is 17.6 Å². The van der Waals surface area contributed by atoms with E-state index in [4.69, 9.17) is 4.74 Å². The Morgan fingerprint density at radius 1 is 1.17 bits per heavy atom. The normalized spacial score (nSPS) is 10.0. The zero-order valence-corrected chi connectivity index (χ0v) is 12.8. The monoisotopic (exact) mass is 317 g/mol. The first kappa shape index (κ1) is 16.5. The molecule has 0 aliphatic rings. The van der Waals surface area contributed by atoms with Crippen LogP contribution in [0.2, 0.25) is 0 Å². The fraction of sp³-hybridized carbons (Fsp3) is 0.176. The van der Waals surface area contributed by atoms with Crippen molar-refractivity contribution in [1.82, 2.24) is 0 Å². The van der Waals surface area contributed by atoms with E-state index in [1.807, 2.05) is 0 Å². The third-order valence-electron chi connectivity index (χ3n) is 3.06. The Bertz CT molecular complexity index is 730. The van der Waals surface area contributed by atoms with Gasteiger partial charge in [0.2, 0.25) is 5.91 Å². The van der Waals surface area contributed by atoms with Gasteiger partial charge in [-0.3, -0.25) is 4.79 Å². The summed E-state index contributed by atoms with van der Waals surface area (Å²) in [5, 5.41) is 2.65. The van der Waals surface area contributed by atoms with Crippen LogP contribution in [0, 0.1) is 5.82 Å². The molecule has 1 amide bonds. The van der Waals surface area contributed by atoms with Crippen LogP contribution in [0.15, 0.2) is 42.5 Å². The number of carbonyl (C=O) groups is 2. The smallest absolute Gasteiger partial charge is 0.338 e. The van der Waals surface area contributed by atoms with Gasteiger partial charge < -0.3 is 14.8 Å².